The van der Waals surface area contributed by atoms with E-state index in [1.807, 2.05) is 19.9 Å². The van der Waals surface area contributed by atoms with Crippen molar-refractivity contribution in [3.8, 4) is 5.75 Å². The van der Waals surface area contributed by atoms with Crippen LogP contribution in [-0.4, -0.2) is 31.1 Å². The van der Waals surface area contributed by atoms with E-state index in [2.05, 4.69) is 4.98 Å². The minimum Gasteiger partial charge on any atom is -0.486 e. The number of halogens is 1. The molecule has 0 aliphatic rings. The monoisotopic (exact) mass is 462 g/mol. The van der Waals surface area contributed by atoms with Crippen molar-refractivity contribution in [2.24, 2.45) is 0 Å². The van der Waals surface area contributed by atoms with Crippen LogP contribution in [0.4, 0.5) is 10.1 Å². The number of anilines is 1. The standard InChI is InChI=1S/C22H23FN2O4S2/c1-16(2)25(19-6-4-3-5-7-19)22(26)15-31(27,28)14-18-13-30-21(24-18)12-29-20-10-8-17(23)9-11-20/h3-11,13,16H,12,14-15H2,1-2H3. The highest BCUT2D eigenvalue weighted by Crippen LogP contribution is 2.20. The number of aromatic nitrogens is 1. The first-order chi connectivity index (χ1) is 14.7. The molecule has 2 aromatic carbocycles. The van der Waals surface area contributed by atoms with Crippen LogP contribution in [0, 0.1) is 5.82 Å². The molecule has 1 heterocycles. The molecular formula is C22H23FN2O4S2. The molecule has 0 saturated heterocycles. The molecule has 0 fully saturated rings. The SMILES string of the molecule is CC(C)N(C(=O)CS(=O)(=O)Cc1csc(COc2ccc(F)cc2)n1)c1ccccc1. The van der Waals surface area contributed by atoms with Crippen LogP contribution in [0.1, 0.15) is 24.5 Å². The van der Waals surface area contributed by atoms with E-state index in [0.717, 1.165) is 0 Å². The number of para-hydroxylation sites is 1. The summed E-state index contributed by atoms with van der Waals surface area (Å²) in [5.74, 6) is -1.26. The first-order valence-electron chi connectivity index (χ1n) is 9.63. The first-order valence-corrected chi connectivity index (χ1v) is 12.3. The van der Waals surface area contributed by atoms with Gasteiger partial charge in [0.1, 0.15) is 28.9 Å². The van der Waals surface area contributed by atoms with Crippen molar-refractivity contribution < 1.29 is 22.3 Å². The third-order valence-corrected chi connectivity index (χ3v) is 6.60. The van der Waals surface area contributed by atoms with Crippen LogP contribution in [0.3, 0.4) is 0 Å². The van der Waals surface area contributed by atoms with E-state index < -0.39 is 21.5 Å². The Kier molecular flexibility index (Phi) is 7.40. The number of sulfone groups is 1. The van der Waals surface area contributed by atoms with Crippen LogP contribution >= 0.6 is 11.3 Å². The highest BCUT2D eigenvalue weighted by Gasteiger charge is 2.26. The zero-order valence-corrected chi connectivity index (χ0v) is 18.8. The molecule has 3 rings (SSSR count). The van der Waals surface area contributed by atoms with Gasteiger partial charge in [-0.15, -0.1) is 11.3 Å². The van der Waals surface area contributed by atoms with Gasteiger partial charge in [0.05, 0.1) is 11.4 Å². The molecule has 0 aliphatic heterocycles. The smallest absolute Gasteiger partial charge is 0.242 e. The van der Waals surface area contributed by atoms with E-state index in [1.165, 1.54) is 40.5 Å². The average Bonchev–Trinajstić information content (AvgIpc) is 3.14. The molecule has 0 bridgehead atoms. The molecule has 0 atom stereocenters. The number of thiazole rings is 1. The Morgan fingerprint density at radius 1 is 1.13 bits per heavy atom. The summed E-state index contributed by atoms with van der Waals surface area (Å²) in [5, 5.41) is 2.23. The molecule has 1 aromatic heterocycles. The van der Waals surface area contributed by atoms with Gasteiger partial charge in [0.15, 0.2) is 9.84 Å². The van der Waals surface area contributed by atoms with Gasteiger partial charge < -0.3 is 9.64 Å². The zero-order valence-electron chi connectivity index (χ0n) is 17.2. The van der Waals surface area contributed by atoms with E-state index >= 15 is 0 Å². The predicted molar refractivity (Wildman–Crippen MR) is 119 cm³/mol. The lowest BCUT2D eigenvalue weighted by molar-refractivity contribution is -0.116. The van der Waals surface area contributed by atoms with Crippen molar-refractivity contribution in [1.82, 2.24) is 4.98 Å². The van der Waals surface area contributed by atoms with Crippen LogP contribution in [0.5, 0.6) is 5.75 Å². The fraction of sp³-hybridized carbons (Fsp3) is 0.273. The maximum absolute atomic E-state index is 12.9. The summed E-state index contributed by atoms with van der Waals surface area (Å²) in [7, 11) is -3.71. The molecule has 0 aliphatic carbocycles. The van der Waals surface area contributed by atoms with Gasteiger partial charge in [-0.05, 0) is 50.2 Å². The molecule has 0 spiro atoms. The maximum Gasteiger partial charge on any atom is 0.242 e. The summed E-state index contributed by atoms with van der Waals surface area (Å²) in [6, 6.07) is 14.4. The molecule has 0 unspecified atom stereocenters. The number of hydrogen-bond donors (Lipinski definition) is 0. The van der Waals surface area contributed by atoms with Gasteiger partial charge in [-0.2, -0.15) is 0 Å². The van der Waals surface area contributed by atoms with Gasteiger partial charge in [-0.1, -0.05) is 18.2 Å². The predicted octanol–water partition coefficient (Wildman–Crippen LogP) is 4.22. The van der Waals surface area contributed by atoms with Crippen LogP contribution in [0.15, 0.2) is 60.0 Å². The van der Waals surface area contributed by atoms with Crippen LogP contribution in [0.25, 0.3) is 0 Å². The van der Waals surface area contributed by atoms with Crippen LogP contribution < -0.4 is 9.64 Å². The van der Waals surface area contributed by atoms with Gasteiger partial charge in [0, 0.05) is 17.1 Å². The number of amides is 1. The van der Waals surface area contributed by atoms with Gasteiger partial charge in [0.2, 0.25) is 5.91 Å². The highest BCUT2D eigenvalue weighted by atomic mass is 32.2. The van der Waals surface area contributed by atoms with Crippen molar-refractivity contribution >= 4 is 32.8 Å². The Balaban J connectivity index is 1.61. The average molecular weight is 463 g/mol. The Morgan fingerprint density at radius 3 is 2.45 bits per heavy atom. The Morgan fingerprint density at radius 2 is 1.81 bits per heavy atom. The Bertz CT molecular complexity index is 1110. The second-order valence-corrected chi connectivity index (χ2v) is 10.2. The van der Waals surface area contributed by atoms with Crippen molar-refractivity contribution in [1.29, 1.82) is 0 Å². The molecular weight excluding hydrogens is 439 g/mol. The van der Waals surface area contributed by atoms with E-state index in [1.54, 1.807) is 29.6 Å². The van der Waals surface area contributed by atoms with Crippen molar-refractivity contribution in [2.75, 3.05) is 10.7 Å². The molecule has 164 valence electrons. The van der Waals surface area contributed by atoms with E-state index in [9.17, 15) is 17.6 Å². The molecule has 9 heteroatoms. The number of ether oxygens (including phenoxy) is 1. The minimum absolute atomic E-state index is 0.143. The lowest BCUT2D eigenvalue weighted by Crippen LogP contribution is -2.40. The molecule has 1 amide bonds. The Labute approximate surface area is 185 Å². The van der Waals surface area contributed by atoms with Crippen LogP contribution in [-0.2, 0) is 27.0 Å². The number of rotatable bonds is 9. The molecule has 0 N–H and O–H groups in total. The molecule has 6 nitrogen and oxygen atoms in total. The minimum atomic E-state index is -3.71. The van der Waals surface area contributed by atoms with Gasteiger partial charge in [-0.3, -0.25) is 4.79 Å². The zero-order chi connectivity index (χ0) is 22.4. The summed E-state index contributed by atoms with van der Waals surface area (Å²) in [6.07, 6.45) is 0. The fourth-order valence-corrected chi connectivity index (χ4v) is 5.04. The summed E-state index contributed by atoms with van der Waals surface area (Å²) in [4.78, 5) is 18.5. The third kappa shape index (κ3) is 6.60. The summed E-state index contributed by atoms with van der Waals surface area (Å²) in [6.45, 7) is 3.82. The third-order valence-electron chi connectivity index (χ3n) is 4.31. The normalized spacial score (nSPS) is 11.5. The number of nitrogens with zero attached hydrogens (tertiary/aromatic N) is 2. The second kappa shape index (κ2) is 10.0. The van der Waals surface area contributed by atoms with Crippen molar-refractivity contribution in [3.63, 3.8) is 0 Å². The van der Waals surface area contributed by atoms with Crippen molar-refractivity contribution in [2.45, 2.75) is 32.2 Å². The molecule has 0 saturated carbocycles. The van der Waals surface area contributed by atoms with E-state index in [4.69, 9.17) is 4.74 Å². The first kappa shape index (κ1) is 22.9. The van der Waals surface area contributed by atoms with E-state index in [0.29, 0.717) is 22.1 Å². The molecule has 31 heavy (non-hydrogen) atoms. The number of carbonyl (C=O) groups excluding carboxylic acids is 1. The molecule has 0 radical (unpaired) electrons. The topological polar surface area (TPSA) is 76.6 Å². The lowest BCUT2D eigenvalue weighted by Gasteiger charge is -2.26. The maximum atomic E-state index is 12.9. The highest BCUT2D eigenvalue weighted by molar-refractivity contribution is 7.91. The quantitative estimate of drug-likeness (QED) is 0.476. The second-order valence-electron chi connectivity index (χ2n) is 7.20. The van der Waals surface area contributed by atoms with E-state index in [-0.39, 0.29) is 24.2 Å². The Hall–Kier alpha value is -2.78. The number of hydrogen-bond acceptors (Lipinski definition) is 6. The lowest BCUT2D eigenvalue weighted by atomic mass is 10.2. The molecule has 3 aromatic rings. The summed E-state index contributed by atoms with van der Waals surface area (Å²) < 4.78 is 43.8. The van der Waals surface area contributed by atoms with Gasteiger partial charge in [-0.25, -0.2) is 17.8 Å². The number of benzene rings is 2. The summed E-state index contributed by atoms with van der Waals surface area (Å²) in [5.41, 5.74) is 1.03. The summed E-state index contributed by atoms with van der Waals surface area (Å²) >= 11 is 1.27. The van der Waals surface area contributed by atoms with Gasteiger partial charge in [0.25, 0.3) is 0 Å². The van der Waals surface area contributed by atoms with Crippen molar-refractivity contribution in [3.05, 3.63) is 76.5 Å². The fourth-order valence-electron chi connectivity index (χ4n) is 3.01. The number of carbonyl (C=O) groups is 1. The van der Waals surface area contributed by atoms with Crippen LogP contribution in [0.2, 0.25) is 0 Å². The van der Waals surface area contributed by atoms with Gasteiger partial charge >= 0.3 is 0 Å². The largest absolute Gasteiger partial charge is 0.486 e.